The Kier molecular flexibility index (Phi) is 7.39. The number of ether oxygens (including phenoxy) is 1. The van der Waals surface area contributed by atoms with Gasteiger partial charge in [0.2, 0.25) is 5.91 Å². The summed E-state index contributed by atoms with van der Waals surface area (Å²) in [5.41, 5.74) is 2.71. The van der Waals surface area contributed by atoms with Gasteiger partial charge in [0.15, 0.2) is 11.0 Å². The summed E-state index contributed by atoms with van der Waals surface area (Å²) in [6.45, 7) is 3.83. The maximum atomic E-state index is 13.1. The molecule has 7 nitrogen and oxygen atoms in total. The molecule has 1 aliphatic heterocycles. The Balaban J connectivity index is 1.41. The molecule has 0 bridgehead atoms. The van der Waals surface area contributed by atoms with E-state index >= 15 is 0 Å². The fourth-order valence-electron chi connectivity index (χ4n) is 3.44. The number of anilines is 2. The number of aryl methyl sites for hydroxylation is 1. The van der Waals surface area contributed by atoms with Crippen molar-refractivity contribution in [1.29, 1.82) is 0 Å². The van der Waals surface area contributed by atoms with E-state index < -0.39 is 0 Å². The third-order valence-corrected chi connectivity index (χ3v) is 6.13. The smallest absolute Gasteiger partial charge is 0.234 e. The van der Waals surface area contributed by atoms with Gasteiger partial charge < -0.3 is 19.9 Å². The van der Waals surface area contributed by atoms with E-state index in [0.717, 1.165) is 42.2 Å². The van der Waals surface area contributed by atoms with Gasteiger partial charge in [-0.05, 0) is 56.2 Å². The number of amides is 1. The summed E-state index contributed by atoms with van der Waals surface area (Å²) in [6.07, 6.45) is 2.13. The third kappa shape index (κ3) is 6.08. The molecule has 0 saturated carbocycles. The van der Waals surface area contributed by atoms with Gasteiger partial charge in [-0.15, -0.1) is 10.2 Å². The molecule has 2 N–H and O–H groups in total. The largest absolute Gasteiger partial charge is 0.378 e. The molecular formula is C23H26FN5O2S. The molecule has 1 aromatic heterocycles. The zero-order valence-corrected chi connectivity index (χ0v) is 18.7. The SMILES string of the molecule is Cc1ccc(NC(=O)CSc2nnc(CNc3ccc(F)cc3)n2C[C@H]2CCCO2)cc1. The molecule has 4 rings (SSSR count). The summed E-state index contributed by atoms with van der Waals surface area (Å²) in [7, 11) is 0. The van der Waals surface area contributed by atoms with E-state index in [1.165, 1.54) is 23.9 Å². The van der Waals surface area contributed by atoms with E-state index in [0.29, 0.717) is 18.2 Å². The van der Waals surface area contributed by atoms with Crippen molar-refractivity contribution in [3.05, 3.63) is 65.7 Å². The molecule has 3 aromatic rings. The lowest BCUT2D eigenvalue weighted by molar-refractivity contribution is -0.113. The van der Waals surface area contributed by atoms with Crippen molar-refractivity contribution in [2.75, 3.05) is 23.0 Å². The molecule has 2 aromatic carbocycles. The first-order valence-electron chi connectivity index (χ1n) is 10.6. The van der Waals surface area contributed by atoms with Crippen LogP contribution in [-0.2, 0) is 22.6 Å². The minimum Gasteiger partial charge on any atom is -0.378 e. The van der Waals surface area contributed by atoms with Gasteiger partial charge in [-0.2, -0.15) is 0 Å². The number of aromatic nitrogens is 3. The van der Waals surface area contributed by atoms with Gasteiger partial charge in [0.1, 0.15) is 5.82 Å². The lowest BCUT2D eigenvalue weighted by Crippen LogP contribution is -2.20. The van der Waals surface area contributed by atoms with Crippen molar-refractivity contribution in [3.8, 4) is 0 Å². The highest BCUT2D eigenvalue weighted by molar-refractivity contribution is 7.99. The number of carbonyl (C=O) groups is 1. The lowest BCUT2D eigenvalue weighted by atomic mass is 10.2. The molecule has 1 aliphatic rings. The summed E-state index contributed by atoms with van der Waals surface area (Å²) >= 11 is 1.35. The van der Waals surface area contributed by atoms with Crippen molar-refractivity contribution in [1.82, 2.24) is 14.8 Å². The van der Waals surface area contributed by atoms with Gasteiger partial charge in [0, 0.05) is 18.0 Å². The van der Waals surface area contributed by atoms with Gasteiger partial charge in [-0.1, -0.05) is 29.5 Å². The van der Waals surface area contributed by atoms with Crippen LogP contribution in [0.4, 0.5) is 15.8 Å². The number of benzene rings is 2. The molecule has 1 amide bonds. The normalized spacial score (nSPS) is 15.6. The molecule has 32 heavy (non-hydrogen) atoms. The number of hydrogen-bond donors (Lipinski definition) is 2. The Labute approximate surface area is 190 Å². The summed E-state index contributed by atoms with van der Waals surface area (Å²) in [5, 5.41) is 15.5. The minimum absolute atomic E-state index is 0.100. The maximum absolute atomic E-state index is 13.1. The van der Waals surface area contributed by atoms with Crippen LogP contribution < -0.4 is 10.6 Å². The fourth-order valence-corrected chi connectivity index (χ4v) is 4.21. The third-order valence-electron chi connectivity index (χ3n) is 5.17. The molecular weight excluding hydrogens is 429 g/mol. The van der Waals surface area contributed by atoms with Crippen LogP contribution in [0.2, 0.25) is 0 Å². The van der Waals surface area contributed by atoms with E-state index in [2.05, 4.69) is 20.8 Å². The number of thioether (sulfide) groups is 1. The predicted octanol–water partition coefficient (Wildman–Crippen LogP) is 4.25. The summed E-state index contributed by atoms with van der Waals surface area (Å²) in [6, 6.07) is 13.9. The molecule has 0 aliphatic carbocycles. The monoisotopic (exact) mass is 455 g/mol. The summed E-state index contributed by atoms with van der Waals surface area (Å²) in [4.78, 5) is 12.4. The van der Waals surface area contributed by atoms with Gasteiger partial charge in [-0.25, -0.2) is 4.39 Å². The van der Waals surface area contributed by atoms with E-state index in [1.54, 1.807) is 12.1 Å². The predicted molar refractivity (Wildman–Crippen MR) is 123 cm³/mol. The standard InChI is InChI=1S/C23H26FN5O2S/c1-16-4-8-19(9-5-16)26-22(30)15-32-23-28-27-21(29(23)14-20-3-2-12-31-20)13-25-18-10-6-17(24)7-11-18/h4-11,20,25H,2-3,12-15H2,1H3,(H,26,30)/t20-/m1/s1. The number of carbonyl (C=O) groups excluding carboxylic acids is 1. The van der Waals surface area contributed by atoms with Crippen molar-refractivity contribution < 1.29 is 13.9 Å². The van der Waals surface area contributed by atoms with Crippen LogP contribution >= 0.6 is 11.8 Å². The number of nitrogens with one attached hydrogen (secondary N) is 2. The number of nitrogens with zero attached hydrogens (tertiary/aromatic N) is 3. The number of hydrogen-bond acceptors (Lipinski definition) is 6. The second-order valence-corrected chi connectivity index (χ2v) is 8.65. The minimum atomic E-state index is -0.278. The van der Waals surface area contributed by atoms with Crippen LogP contribution in [0.1, 0.15) is 24.2 Å². The first-order chi connectivity index (χ1) is 15.6. The molecule has 0 unspecified atom stereocenters. The highest BCUT2D eigenvalue weighted by Crippen LogP contribution is 2.22. The van der Waals surface area contributed by atoms with Crippen LogP contribution in [0.5, 0.6) is 0 Å². The van der Waals surface area contributed by atoms with Gasteiger partial charge in [0.05, 0.1) is 24.9 Å². The van der Waals surface area contributed by atoms with Crippen molar-refractivity contribution in [3.63, 3.8) is 0 Å². The van der Waals surface area contributed by atoms with Crippen LogP contribution in [0.3, 0.4) is 0 Å². The highest BCUT2D eigenvalue weighted by Gasteiger charge is 2.21. The average molecular weight is 456 g/mol. The highest BCUT2D eigenvalue weighted by atomic mass is 32.2. The summed E-state index contributed by atoms with van der Waals surface area (Å²) < 4.78 is 21.0. The molecule has 2 heterocycles. The Bertz CT molecular complexity index is 1030. The van der Waals surface area contributed by atoms with Gasteiger partial charge in [0.25, 0.3) is 0 Å². The molecule has 0 spiro atoms. The van der Waals surface area contributed by atoms with Crippen LogP contribution in [0.25, 0.3) is 0 Å². The van der Waals surface area contributed by atoms with Crippen molar-refractivity contribution >= 4 is 29.0 Å². The van der Waals surface area contributed by atoms with Crippen molar-refractivity contribution in [2.45, 2.75) is 44.1 Å². The van der Waals surface area contributed by atoms with Crippen LogP contribution in [0, 0.1) is 12.7 Å². The van der Waals surface area contributed by atoms with E-state index in [4.69, 9.17) is 4.74 Å². The number of rotatable bonds is 9. The number of halogens is 1. The first-order valence-corrected chi connectivity index (χ1v) is 11.6. The van der Waals surface area contributed by atoms with E-state index in [9.17, 15) is 9.18 Å². The van der Waals surface area contributed by atoms with Crippen molar-refractivity contribution in [2.24, 2.45) is 0 Å². The van der Waals surface area contributed by atoms with Gasteiger partial charge >= 0.3 is 0 Å². The average Bonchev–Trinajstić information content (AvgIpc) is 3.44. The maximum Gasteiger partial charge on any atom is 0.234 e. The quantitative estimate of drug-likeness (QED) is 0.470. The molecule has 1 atom stereocenters. The Morgan fingerprint density at radius 2 is 1.91 bits per heavy atom. The Hall–Kier alpha value is -2.91. The molecule has 1 saturated heterocycles. The zero-order chi connectivity index (χ0) is 22.3. The molecule has 1 fully saturated rings. The van der Waals surface area contributed by atoms with Crippen LogP contribution in [0.15, 0.2) is 53.7 Å². The fraction of sp³-hybridized carbons (Fsp3) is 0.348. The van der Waals surface area contributed by atoms with E-state index in [1.807, 2.05) is 35.8 Å². The molecule has 0 radical (unpaired) electrons. The lowest BCUT2D eigenvalue weighted by Gasteiger charge is -2.15. The second kappa shape index (κ2) is 10.6. The topological polar surface area (TPSA) is 81.1 Å². The first kappa shape index (κ1) is 22.3. The van der Waals surface area contributed by atoms with E-state index in [-0.39, 0.29) is 23.6 Å². The van der Waals surface area contributed by atoms with Crippen LogP contribution in [-0.4, -0.2) is 39.1 Å². The van der Waals surface area contributed by atoms with Gasteiger partial charge in [-0.3, -0.25) is 4.79 Å². The Morgan fingerprint density at radius 1 is 1.16 bits per heavy atom. The second-order valence-electron chi connectivity index (χ2n) is 7.71. The molecule has 9 heteroatoms. The molecule has 168 valence electrons. The zero-order valence-electron chi connectivity index (χ0n) is 17.9. The Morgan fingerprint density at radius 3 is 2.62 bits per heavy atom. The summed E-state index contributed by atoms with van der Waals surface area (Å²) in [5.74, 6) is 0.589.